The summed E-state index contributed by atoms with van der Waals surface area (Å²) in [5, 5.41) is 8.48. The predicted molar refractivity (Wildman–Crippen MR) is 68.5 cm³/mol. The van der Waals surface area contributed by atoms with Gasteiger partial charge < -0.3 is 5.11 Å². The lowest BCUT2D eigenvalue weighted by atomic mass is 10.1. The zero-order valence-electron chi connectivity index (χ0n) is 10.4. The highest BCUT2D eigenvalue weighted by Gasteiger charge is 2.14. The Hall–Kier alpha value is -1.73. The fraction of sp³-hybridized carbons (Fsp3) is 0.333. The molecule has 7 heteroatoms. The maximum atomic E-state index is 11.7. The normalized spacial score (nSPS) is 11.2. The average molecular weight is 285 g/mol. The van der Waals surface area contributed by atoms with Crippen molar-refractivity contribution < 1.29 is 23.1 Å². The van der Waals surface area contributed by atoms with Gasteiger partial charge in [0.1, 0.15) is 0 Å². The summed E-state index contributed by atoms with van der Waals surface area (Å²) in [6, 6.07) is 5.42. The first-order valence-electron chi connectivity index (χ1n) is 5.71. The molecule has 0 radical (unpaired) electrons. The van der Waals surface area contributed by atoms with Gasteiger partial charge in [-0.2, -0.15) is 0 Å². The van der Waals surface area contributed by atoms with Gasteiger partial charge in [-0.05, 0) is 12.1 Å². The first-order valence-corrected chi connectivity index (χ1v) is 7.20. The van der Waals surface area contributed by atoms with Crippen LogP contribution in [0.4, 0.5) is 0 Å². The minimum absolute atomic E-state index is 0.0733. The molecule has 6 nitrogen and oxygen atoms in total. The number of nitrogens with one attached hydrogen (secondary N) is 1. The average Bonchev–Trinajstić information content (AvgIpc) is 2.36. The summed E-state index contributed by atoms with van der Waals surface area (Å²) in [6.07, 6.45) is -0.342. The van der Waals surface area contributed by atoms with Crippen molar-refractivity contribution >= 4 is 21.8 Å². The Labute approximate surface area is 111 Å². The fourth-order valence-electron chi connectivity index (χ4n) is 1.46. The zero-order chi connectivity index (χ0) is 14.5. The topological polar surface area (TPSA) is 101 Å². The molecule has 0 unspecified atom stereocenters. The van der Waals surface area contributed by atoms with Crippen molar-refractivity contribution in [1.29, 1.82) is 0 Å². The van der Waals surface area contributed by atoms with Crippen LogP contribution in [0.25, 0.3) is 0 Å². The number of carbonyl (C=O) groups excluding carboxylic acids is 1. The van der Waals surface area contributed by atoms with Crippen molar-refractivity contribution in [2.24, 2.45) is 0 Å². The molecule has 0 atom stereocenters. The number of benzene rings is 1. The third kappa shape index (κ3) is 4.46. The zero-order valence-corrected chi connectivity index (χ0v) is 11.2. The van der Waals surface area contributed by atoms with Crippen molar-refractivity contribution in [2.75, 3.05) is 6.54 Å². The Morgan fingerprint density at radius 1 is 1.16 bits per heavy atom. The second-order valence-electron chi connectivity index (χ2n) is 3.84. The van der Waals surface area contributed by atoms with E-state index in [4.69, 9.17) is 5.11 Å². The van der Waals surface area contributed by atoms with E-state index in [1.165, 1.54) is 24.3 Å². The highest BCUT2D eigenvalue weighted by atomic mass is 32.2. The van der Waals surface area contributed by atoms with Crippen LogP contribution in [-0.4, -0.2) is 31.8 Å². The molecule has 19 heavy (non-hydrogen) atoms. The number of ketones is 1. The van der Waals surface area contributed by atoms with Crippen LogP contribution in [-0.2, 0) is 14.8 Å². The van der Waals surface area contributed by atoms with Crippen LogP contribution in [0.1, 0.15) is 30.1 Å². The van der Waals surface area contributed by atoms with E-state index in [-0.39, 0.29) is 30.1 Å². The molecule has 0 bridgehead atoms. The second kappa shape index (κ2) is 6.44. The number of carboxylic acids is 1. The molecule has 2 N–H and O–H groups in total. The molecule has 0 fully saturated rings. The lowest BCUT2D eigenvalue weighted by molar-refractivity contribution is -0.136. The summed E-state index contributed by atoms with van der Waals surface area (Å²) in [6.45, 7) is 1.95. The van der Waals surface area contributed by atoms with E-state index in [0.717, 1.165) is 0 Å². The number of carboxylic acid groups (broad SMARTS) is 1. The Morgan fingerprint density at radius 2 is 1.74 bits per heavy atom. The van der Waals surface area contributed by atoms with E-state index in [1.807, 2.05) is 0 Å². The molecule has 104 valence electrons. The summed E-state index contributed by atoms with van der Waals surface area (Å²) in [4.78, 5) is 22.0. The molecule has 0 amide bonds. The first kappa shape index (κ1) is 15.3. The van der Waals surface area contributed by atoms with Gasteiger partial charge in [-0.25, -0.2) is 13.1 Å². The van der Waals surface area contributed by atoms with Gasteiger partial charge in [0.05, 0.1) is 11.3 Å². The van der Waals surface area contributed by atoms with Crippen molar-refractivity contribution in [1.82, 2.24) is 4.72 Å². The molecule has 0 heterocycles. The van der Waals surface area contributed by atoms with Gasteiger partial charge >= 0.3 is 5.97 Å². The third-order valence-corrected chi connectivity index (χ3v) is 3.95. The van der Waals surface area contributed by atoms with Gasteiger partial charge in [-0.1, -0.05) is 19.1 Å². The van der Waals surface area contributed by atoms with E-state index in [9.17, 15) is 18.0 Å². The van der Waals surface area contributed by atoms with Gasteiger partial charge in [0, 0.05) is 18.5 Å². The standard InChI is InChI=1S/C12H15NO5S/c1-2-13-19(17,18)10-5-3-9(4-6-10)11(14)7-8-12(15)16/h3-6,13H,2,7-8H2,1H3,(H,15,16). The largest absolute Gasteiger partial charge is 0.481 e. The second-order valence-corrected chi connectivity index (χ2v) is 5.61. The highest BCUT2D eigenvalue weighted by Crippen LogP contribution is 2.12. The number of rotatable bonds is 7. The smallest absolute Gasteiger partial charge is 0.303 e. The van der Waals surface area contributed by atoms with Gasteiger partial charge in [0.15, 0.2) is 5.78 Å². The summed E-state index contributed by atoms with van der Waals surface area (Å²) in [7, 11) is -3.53. The molecular formula is C12H15NO5S. The molecule has 1 aromatic carbocycles. The lowest BCUT2D eigenvalue weighted by Gasteiger charge is -2.05. The third-order valence-electron chi connectivity index (χ3n) is 2.39. The molecule has 0 aliphatic rings. The molecule has 0 aromatic heterocycles. The van der Waals surface area contributed by atoms with Crippen LogP contribution >= 0.6 is 0 Å². The molecule has 0 spiro atoms. The molecular weight excluding hydrogens is 270 g/mol. The van der Waals surface area contributed by atoms with E-state index >= 15 is 0 Å². The van der Waals surface area contributed by atoms with Crippen LogP contribution in [0.15, 0.2) is 29.2 Å². The van der Waals surface area contributed by atoms with Gasteiger partial charge in [0.2, 0.25) is 10.0 Å². The molecule has 1 aromatic rings. The Kier molecular flexibility index (Phi) is 5.20. The summed E-state index contributed by atoms with van der Waals surface area (Å²) < 4.78 is 25.6. The molecule has 0 aliphatic heterocycles. The van der Waals surface area contributed by atoms with Crippen LogP contribution < -0.4 is 4.72 Å². The number of Topliss-reactive ketones (excluding diaryl/α,β-unsaturated/α-hetero) is 1. The summed E-state index contributed by atoms with van der Waals surface area (Å²) >= 11 is 0. The van der Waals surface area contributed by atoms with Crippen molar-refractivity contribution in [2.45, 2.75) is 24.7 Å². The summed E-state index contributed by atoms with van der Waals surface area (Å²) in [5.74, 6) is -1.37. The molecule has 1 rings (SSSR count). The van der Waals surface area contributed by atoms with E-state index in [2.05, 4.69) is 4.72 Å². The fourth-order valence-corrected chi connectivity index (χ4v) is 2.50. The number of carbonyl (C=O) groups is 2. The van der Waals surface area contributed by atoms with E-state index in [0.29, 0.717) is 5.56 Å². The van der Waals surface area contributed by atoms with Gasteiger partial charge in [-0.15, -0.1) is 0 Å². The number of aliphatic carboxylic acids is 1. The number of hydrogen-bond donors (Lipinski definition) is 2. The monoisotopic (exact) mass is 285 g/mol. The maximum Gasteiger partial charge on any atom is 0.303 e. The van der Waals surface area contributed by atoms with Crippen LogP contribution in [0, 0.1) is 0 Å². The van der Waals surface area contributed by atoms with E-state index in [1.54, 1.807) is 6.92 Å². The SMILES string of the molecule is CCNS(=O)(=O)c1ccc(C(=O)CCC(=O)O)cc1. The molecule has 0 saturated carbocycles. The molecule has 0 saturated heterocycles. The Balaban J connectivity index is 2.82. The Bertz CT molecular complexity index is 562. The van der Waals surface area contributed by atoms with Crippen molar-refractivity contribution in [3.63, 3.8) is 0 Å². The van der Waals surface area contributed by atoms with Gasteiger partial charge in [0.25, 0.3) is 0 Å². The maximum absolute atomic E-state index is 11.7. The van der Waals surface area contributed by atoms with Crippen LogP contribution in [0.3, 0.4) is 0 Å². The minimum Gasteiger partial charge on any atom is -0.481 e. The Morgan fingerprint density at radius 3 is 2.21 bits per heavy atom. The number of sulfonamides is 1. The summed E-state index contributed by atoms with van der Waals surface area (Å²) in [5.41, 5.74) is 0.302. The predicted octanol–water partition coefficient (Wildman–Crippen LogP) is 1.03. The van der Waals surface area contributed by atoms with Crippen molar-refractivity contribution in [3.8, 4) is 0 Å². The molecule has 0 aliphatic carbocycles. The lowest BCUT2D eigenvalue weighted by Crippen LogP contribution is -2.23. The van der Waals surface area contributed by atoms with Crippen LogP contribution in [0.2, 0.25) is 0 Å². The van der Waals surface area contributed by atoms with Crippen LogP contribution in [0.5, 0.6) is 0 Å². The highest BCUT2D eigenvalue weighted by molar-refractivity contribution is 7.89. The quantitative estimate of drug-likeness (QED) is 0.729. The number of hydrogen-bond acceptors (Lipinski definition) is 4. The van der Waals surface area contributed by atoms with Crippen molar-refractivity contribution in [3.05, 3.63) is 29.8 Å². The first-order chi connectivity index (χ1) is 8.86. The minimum atomic E-state index is -3.53. The van der Waals surface area contributed by atoms with E-state index < -0.39 is 16.0 Å². The van der Waals surface area contributed by atoms with Gasteiger partial charge in [-0.3, -0.25) is 9.59 Å².